The van der Waals surface area contributed by atoms with Gasteiger partial charge in [0.05, 0.1) is 11.4 Å². The van der Waals surface area contributed by atoms with Crippen molar-refractivity contribution in [1.82, 2.24) is 0 Å². The molecular formula is C30H28ClFO3. The molecule has 0 fully saturated rings. The van der Waals surface area contributed by atoms with Crippen LogP contribution in [0.2, 0.25) is 5.02 Å². The number of carbonyl (C=O) groups excluding carboxylic acids is 2. The highest BCUT2D eigenvalue weighted by molar-refractivity contribution is 6.34. The average molecular weight is 491 g/mol. The van der Waals surface area contributed by atoms with Crippen LogP contribution in [0.5, 0.6) is 0 Å². The number of ketones is 1. The molecule has 0 atom stereocenters. The number of benzene rings is 3. The molecule has 0 aliphatic rings. The van der Waals surface area contributed by atoms with Crippen molar-refractivity contribution in [3.63, 3.8) is 0 Å². The summed E-state index contributed by atoms with van der Waals surface area (Å²) in [5.41, 5.74) is 4.62. The van der Waals surface area contributed by atoms with Crippen LogP contribution in [0.25, 0.3) is 0 Å². The van der Waals surface area contributed by atoms with E-state index in [0.29, 0.717) is 21.7 Å². The lowest BCUT2D eigenvalue weighted by Crippen LogP contribution is -2.25. The summed E-state index contributed by atoms with van der Waals surface area (Å²) in [7, 11) is 0. The van der Waals surface area contributed by atoms with Gasteiger partial charge in [-0.05, 0) is 99.3 Å². The highest BCUT2D eigenvalue weighted by Crippen LogP contribution is 2.24. The summed E-state index contributed by atoms with van der Waals surface area (Å²) in [6.45, 7) is 9.30. The Morgan fingerprint density at radius 3 is 2.20 bits per heavy atom. The fourth-order valence-corrected chi connectivity index (χ4v) is 3.97. The maximum Gasteiger partial charge on any atom is 0.310 e. The fraction of sp³-hybridized carbons (Fsp3) is 0.267. The Bertz CT molecular complexity index is 1320. The van der Waals surface area contributed by atoms with Gasteiger partial charge in [0.15, 0.2) is 5.78 Å². The maximum absolute atomic E-state index is 13.4. The number of Topliss-reactive ketones (excluding diaryl/α,β-unsaturated/α-hetero) is 1. The molecule has 0 aliphatic carbocycles. The molecule has 0 amide bonds. The Hall–Kier alpha value is -3.42. The van der Waals surface area contributed by atoms with Gasteiger partial charge in [0.1, 0.15) is 11.4 Å². The Kier molecular flexibility index (Phi) is 8.14. The Labute approximate surface area is 211 Å². The first-order chi connectivity index (χ1) is 16.4. The van der Waals surface area contributed by atoms with Gasteiger partial charge in [-0.1, -0.05) is 35.6 Å². The van der Waals surface area contributed by atoms with Crippen molar-refractivity contribution >= 4 is 23.4 Å². The van der Waals surface area contributed by atoms with Crippen molar-refractivity contribution in [3.8, 4) is 11.8 Å². The molecule has 0 saturated heterocycles. The number of rotatable bonds is 5. The predicted octanol–water partition coefficient (Wildman–Crippen LogP) is 6.81. The second-order valence-electron chi connectivity index (χ2n) is 9.53. The van der Waals surface area contributed by atoms with Gasteiger partial charge >= 0.3 is 5.97 Å². The van der Waals surface area contributed by atoms with Gasteiger partial charge in [0.2, 0.25) is 0 Å². The normalized spacial score (nSPS) is 10.9. The van der Waals surface area contributed by atoms with Gasteiger partial charge in [0, 0.05) is 23.1 Å². The second-order valence-corrected chi connectivity index (χ2v) is 9.93. The van der Waals surface area contributed by atoms with Crippen molar-refractivity contribution < 1.29 is 18.7 Å². The molecule has 180 valence electrons. The van der Waals surface area contributed by atoms with Crippen molar-refractivity contribution in [2.75, 3.05) is 0 Å². The van der Waals surface area contributed by atoms with E-state index in [0.717, 1.165) is 22.3 Å². The topological polar surface area (TPSA) is 43.4 Å². The number of carbonyl (C=O) groups is 2. The van der Waals surface area contributed by atoms with E-state index in [-0.39, 0.29) is 30.4 Å². The van der Waals surface area contributed by atoms with E-state index in [1.165, 1.54) is 12.1 Å². The van der Waals surface area contributed by atoms with Crippen LogP contribution in [-0.2, 0) is 22.4 Å². The predicted molar refractivity (Wildman–Crippen MR) is 137 cm³/mol. The first-order valence-electron chi connectivity index (χ1n) is 11.3. The molecule has 35 heavy (non-hydrogen) atoms. The van der Waals surface area contributed by atoms with Crippen LogP contribution in [-0.4, -0.2) is 17.4 Å². The number of esters is 1. The molecule has 0 saturated carbocycles. The third-order valence-corrected chi connectivity index (χ3v) is 5.64. The van der Waals surface area contributed by atoms with Gasteiger partial charge in [-0.3, -0.25) is 9.59 Å². The Morgan fingerprint density at radius 1 is 0.914 bits per heavy atom. The fourth-order valence-electron chi connectivity index (χ4n) is 3.75. The van der Waals surface area contributed by atoms with E-state index < -0.39 is 5.60 Å². The summed E-state index contributed by atoms with van der Waals surface area (Å²) in [6, 6.07) is 15.0. The van der Waals surface area contributed by atoms with Crippen molar-refractivity contribution in [1.29, 1.82) is 0 Å². The molecular weight excluding hydrogens is 463 g/mol. The molecule has 0 heterocycles. The zero-order chi connectivity index (χ0) is 25.8. The van der Waals surface area contributed by atoms with Crippen molar-refractivity contribution in [3.05, 3.63) is 104 Å². The zero-order valence-corrected chi connectivity index (χ0v) is 21.3. The van der Waals surface area contributed by atoms with Crippen LogP contribution in [0.3, 0.4) is 0 Å². The third kappa shape index (κ3) is 7.53. The van der Waals surface area contributed by atoms with Crippen LogP contribution < -0.4 is 0 Å². The van der Waals surface area contributed by atoms with E-state index in [4.69, 9.17) is 16.3 Å². The summed E-state index contributed by atoms with van der Waals surface area (Å²) in [5, 5.41) is 0.343. The van der Waals surface area contributed by atoms with Crippen LogP contribution in [0.1, 0.15) is 64.5 Å². The van der Waals surface area contributed by atoms with Gasteiger partial charge in [0.25, 0.3) is 0 Å². The smallest absolute Gasteiger partial charge is 0.310 e. The van der Waals surface area contributed by atoms with Crippen LogP contribution in [0, 0.1) is 31.5 Å². The SMILES string of the molecule is Cc1cc(C#Cc2cccc(F)c2)cc(C)c1CC(=O)c1cc(CC(=O)OC(C)(C)C)ccc1Cl. The summed E-state index contributed by atoms with van der Waals surface area (Å²) >= 11 is 6.33. The average Bonchev–Trinajstić information content (AvgIpc) is 2.74. The number of hydrogen-bond acceptors (Lipinski definition) is 3. The van der Waals surface area contributed by atoms with E-state index in [2.05, 4.69) is 11.8 Å². The van der Waals surface area contributed by atoms with Gasteiger partial charge in [-0.2, -0.15) is 0 Å². The first kappa shape index (κ1) is 26.2. The maximum atomic E-state index is 13.4. The van der Waals surface area contributed by atoms with Crippen molar-refractivity contribution in [2.24, 2.45) is 0 Å². The molecule has 0 bridgehead atoms. The molecule has 0 spiro atoms. The Balaban J connectivity index is 1.79. The number of hydrogen-bond donors (Lipinski definition) is 0. The minimum atomic E-state index is -0.578. The zero-order valence-electron chi connectivity index (χ0n) is 20.6. The van der Waals surface area contributed by atoms with E-state index >= 15 is 0 Å². The van der Waals surface area contributed by atoms with Crippen LogP contribution in [0.4, 0.5) is 4.39 Å². The molecule has 5 heteroatoms. The summed E-state index contributed by atoms with van der Waals surface area (Å²) in [4.78, 5) is 25.4. The number of aryl methyl sites for hydroxylation is 2. The minimum absolute atomic E-state index is 0.0610. The standard InChI is InChI=1S/C30H28ClFO3/c1-19-13-22(10-9-21-7-6-8-24(32)15-21)14-20(2)25(19)18-28(33)26-16-23(11-12-27(26)31)17-29(34)35-30(3,4)5/h6-8,11-16H,17-18H2,1-5H3. The Morgan fingerprint density at radius 2 is 1.57 bits per heavy atom. The number of halogens is 2. The van der Waals surface area contributed by atoms with Crippen molar-refractivity contribution in [2.45, 2.75) is 53.1 Å². The largest absolute Gasteiger partial charge is 0.460 e. The first-order valence-corrected chi connectivity index (χ1v) is 11.7. The van der Waals surface area contributed by atoms with Crippen LogP contribution >= 0.6 is 11.6 Å². The molecule has 0 N–H and O–H groups in total. The molecule has 0 unspecified atom stereocenters. The van der Waals surface area contributed by atoms with E-state index in [1.807, 2.05) is 46.8 Å². The second kappa shape index (κ2) is 10.9. The number of ether oxygens (including phenoxy) is 1. The molecule has 0 aliphatic heterocycles. The molecule has 0 aromatic heterocycles. The highest BCUT2D eigenvalue weighted by Gasteiger charge is 2.19. The quantitative estimate of drug-likeness (QED) is 0.224. The molecule has 3 rings (SSSR count). The van der Waals surface area contributed by atoms with Gasteiger partial charge in [-0.25, -0.2) is 4.39 Å². The lowest BCUT2D eigenvalue weighted by atomic mass is 9.93. The summed E-state index contributed by atoms with van der Waals surface area (Å²) in [5.74, 6) is 5.22. The van der Waals surface area contributed by atoms with Gasteiger partial charge < -0.3 is 4.74 Å². The van der Waals surface area contributed by atoms with E-state index in [9.17, 15) is 14.0 Å². The summed E-state index contributed by atoms with van der Waals surface area (Å²) in [6.07, 6.45) is 0.232. The molecule has 3 nitrogen and oxygen atoms in total. The molecule has 0 radical (unpaired) electrons. The monoisotopic (exact) mass is 490 g/mol. The minimum Gasteiger partial charge on any atom is -0.460 e. The molecule has 3 aromatic rings. The lowest BCUT2D eigenvalue weighted by Gasteiger charge is -2.19. The van der Waals surface area contributed by atoms with Crippen LogP contribution in [0.15, 0.2) is 54.6 Å². The highest BCUT2D eigenvalue weighted by atomic mass is 35.5. The third-order valence-electron chi connectivity index (χ3n) is 5.31. The molecule has 3 aromatic carbocycles. The van der Waals surface area contributed by atoms with E-state index in [1.54, 1.807) is 30.3 Å². The lowest BCUT2D eigenvalue weighted by molar-refractivity contribution is -0.153. The van der Waals surface area contributed by atoms with Gasteiger partial charge in [-0.15, -0.1) is 0 Å². The summed E-state index contributed by atoms with van der Waals surface area (Å²) < 4.78 is 18.8.